The van der Waals surface area contributed by atoms with Crippen molar-refractivity contribution in [3.63, 3.8) is 0 Å². The molecular weight excluding hydrogens is 463 g/mol. The summed E-state index contributed by atoms with van der Waals surface area (Å²) in [6, 6.07) is 11.8. The molecule has 0 radical (unpaired) electrons. The van der Waals surface area contributed by atoms with E-state index in [9.17, 15) is 19.2 Å². The number of rotatable bonds is 9. The van der Waals surface area contributed by atoms with Gasteiger partial charge in [-0.15, -0.1) is 0 Å². The molecule has 0 aliphatic heterocycles. The Morgan fingerprint density at radius 3 is 2.64 bits per heavy atom. The summed E-state index contributed by atoms with van der Waals surface area (Å²) in [5, 5.41) is 14.9. The summed E-state index contributed by atoms with van der Waals surface area (Å²) < 4.78 is 16.6. The molecule has 0 spiro atoms. The highest BCUT2D eigenvalue weighted by Crippen LogP contribution is 2.26. The van der Waals surface area contributed by atoms with Gasteiger partial charge in [-0.1, -0.05) is 25.1 Å². The van der Waals surface area contributed by atoms with Gasteiger partial charge in [0, 0.05) is 37.0 Å². The molecule has 0 aliphatic carbocycles. The van der Waals surface area contributed by atoms with E-state index >= 15 is 0 Å². The number of hydrogen-bond donors (Lipinski definition) is 1. The Morgan fingerprint density at radius 1 is 1.19 bits per heavy atom. The van der Waals surface area contributed by atoms with E-state index in [1.807, 2.05) is 6.92 Å². The number of pyridine rings is 2. The molecule has 1 amide bonds. The number of likely N-dealkylation sites (N-methyl/N-ethyl adjacent to an activating group) is 1. The number of aromatic nitrogens is 4. The van der Waals surface area contributed by atoms with Crippen molar-refractivity contribution in [1.29, 1.82) is 0 Å². The standard InChI is InChI=1S/C26H27FN6O3/c1-3-22(32(16-13-28-2)25(34)18-10-14-31(36)15-11-18)24-30-23-20(8-6-12-29-23)26(35)33(24)17-19-7-4-5-9-21(19)27/h4-12,14-15,22,28H,3,13,16-17H2,1-2H3. The van der Waals surface area contributed by atoms with Crippen LogP contribution in [0.1, 0.15) is 41.1 Å². The summed E-state index contributed by atoms with van der Waals surface area (Å²) in [5.74, 6) is -0.435. The lowest BCUT2D eigenvalue weighted by atomic mass is 10.1. The van der Waals surface area contributed by atoms with E-state index in [0.29, 0.717) is 46.6 Å². The van der Waals surface area contributed by atoms with E-state index in [2.05, 4.69) is 10.3 Å². The summed E-state index contributed by atoms with van der Waals surface area (Å²) in [5.41, 5.74) is 0.558. The largest absolute Gasteiger partial charge is 0.619 e. The smallest absolute Gasteiger partial charge is 0.263 e. The Kier molecular flexibility index (Phi) is 7.65. The van der Waals surface area contributed by atoms with E-state index < -0.39 is 11.9 Å². The molecule has 186 valence electrons. The zero-order valence-corrected chi connectivity index (χ0v) is 20.1. The predicted molar refractivity (Wildman–Crippen MR) is 133 cm³/mol. The summed E-state index contributed by atoms with van der Waals surface area (Å²) in [6.07, 6.45) is 4.51. The van der Waals surface area contributed by atoms with Gasteiger partial charge in [-0.3, -0.25) is 14.2 Å². The normalized spacial score (nSPS) is 12.0. The molecule has 9 nitrogen and oxygen atoms in total. The minimum Gasteiger partial charge on any atom is -0.619 e. The van der Waals surface area contributed by atoms with Crippen LogP contribution >= 0.6 is 0 Å². The molecule has 4 aromatic rings. The third kappa shape index (κ3) is 5.08. The highest BCUT2D eigenvalue weighted by atomic mass is 19.1. The minimum absolute atomic E-state index is 0.0508. The highest BCUT2D eigenvalue weighted by molar-refractivity contribution is 5.94. The molecule has 0 aliphatic rings. The van der Waals surface area contributed by atoms with Crippen LogP contribution in [0.2, 0.25) is 0 Å². The second-order valence-corrected chi connectivity index (χ2v) is 8.30. The van der Waals surface area contributed by atoms with E-state index in [4.69, 9.17) is 4.98 Å². The molecule has 1 aromatic carbocycles. The number of nitrogens with one attached hydrogen (secondary N) is 1. The third-order valence-electron chi connectivity index (χ3n) is 6.02. The van der Waals surface area contributed by atoms with Gasteiger partial charge in [0.2, 0.25) is 0 Å². The molecule has 1 atom stereocenters. The van der Waals surface area contributed by atoms with Gasteiger partial charge in [0.1, 0.15) is 11.6 Å². The molecule has 0 saturated carbocycles. The van der Waals surface area contributed by atoms with Crippen molar-refractivity contribution >= 4 is 16.9 Å². The number of halogens is 1. The predicted octanol–water partition coefficient (Wildman–Crippen LogP) is 2.43. The van der Waals surface area contributed by atoms with Crippen LogP contribution in [0.3, 0.4) is 0 Å². The number of carbonyl (C=O) groups excluding carboxylic acids is 1. The first-order valence-electron chi connectivity index (χ1n) is 11.7. The average molecular weight is 491 g/mol. The Hall–Kier alpha value is -4.18. The lowest BCUT2D eigenvalue weighted by Gasteiger charge is -2.32. The van der Waals surface area contributed by atoms with Gasteiger partial charge in [0.05, 0.1) is 23.5 Å². The van der Waals surface area contributed by atoms with Crippen LogP contribution in [-0.2, 0) is 6.54 Å². The maximum absolute atomic E-state index is 14.6. The molecule has 0 saturated heterocycles. The van der Waals surface area contributed by atoms with E-state index in [-0.39, 0.29) is 23.7 Å². The minimum atomic E-state index is -0.615. The van der Waals surface area contributed by atoms with E-state index in [1.54, 1.807) is 48.5 Å². The van der Waals surface area contributed by atoms with Gasteiger partial charge < -0.3 is 15.4 Å². The Morgan fingerprint density at radius 2 is 1.94 bits per heavy atom. The Bertz CT molecular complexity index is 1420. The van der Waals surface area contributed by atoms with Crippen molar-refractivity contribution in [2.75, 3.05) is 20.1 Å². The molecule has 0 fully saturated rings. The molecule has 3 heterocycles. The first kappa shape index (κ1) is 24.9. The van der Waals surface area contributed by atoms with Crippen molar-refractivity contribution in [2.45, 2.75) is 25.9 Å². The first-order valence-corrected chi connectivity index (χ1v) is 11.7. The Balaban J connectivity index is 1.88. The van der Waals surface area contributed by atoms with E-state index in [0.717, 1.165) is 0 Å². The Labute approximate surface area is 207 Å². The second kappa shape index (κ2) is 11.0. The highest BCUT2D eigenvalue weighted by Gasteiger charge is 2.29. The molecule has 4 rings (SSSR count). The number of benzene rings is 1. The summed E-state index contributed by atoms with van der Waals surface area (Å²) >= 11 is 0. The molecule has 3 aromatic heterocycles. The molecular formula is C26H27FN6O3. The fourth-order valence-corrected chi connectivity index (χ4v) is 4.17. The molecule has 1 N–H and O–H groups in total. The van der Waals surface area contributed by atoms with Gasteiger partial charge in [-0.2, -0.15) is 4.73 Å². The maximum atomic E-state index is 14.6. The van der Waals surface area contributed by atoms with Crippen LogP contribution < -0.4 is 15.6 Å². The van der Waals surface area contributed by atoms with Crippen molar-refractivity contribution in [3.8, 4) is 0 Å². The van der Waals surface area contributed by atoms with Crippen LogP contribution in [0.5, 0.6) is 0 Å². The average Bonchev–Trinajstić information content (AvgIpc) is 2.89. The fraction of sp³-hybridized carbons (Fsp3) is 0.269. The summed E-state index contributed by atoms with van der Waals surface area (Å²) in [7, 11) is 1.78. The molecule has 0 bridgehead atoms. The number of amides is 1. The van der Waals surface area contributed by atoms with Crippen LogP contribution in [-0.4, -0.2) is 45.5 Å². The lowest BCUT2D eigenvalue weighted by molar-refractivity contribution is -0.605. The zero-order valence-electron chi connectivity index (χ0n) is 20.1. The third-order valence-corrected chi connectivity index (χ3v) is 6.02. The van der Waals surface area contributed by atoms with Crippen LogP contribution in [0.25, 0.3) is 11.0 Å². The topological polar surface area (TPSA) is 107 Å². The maximum Gasteiger partial charge on any atom is 0.263 e. The van der Waals surface area contributed by atoms with Gasteiger partial charge in [0.15, 0.2) is 18.0 Å². The second-order valence-electron chi connectivity index (χ2n) is 8.30. The summed E-state index contributed by atoms with van der Waals surface area (Å²) in [4.78, 5) is 37.8. The van der Waals surface area contributed by atoms with Crippen molar-refractivity contribution in [1.82, 2.24) is 24.8 Å². The van der Waals surface area contributed by atoms with Crippen LogP contribution in [0.15, 0.2) is 71.9 Å². The number of fused-ring (bicyclic) bond motifs is 1. The van der Waals surface area contributed by atoms with Crippen molar-refractivity contribution in [2.24, 2.45) is 0 Å². The summed E-state index contributed by atoms with van der Waals surface area (Å²) in [6.45, 7) is 2.64. The van der Waals surface area contributed by atoms with Crippen molar-refractivity contribution < 1.29 is 13.9 Å². The van der Waals surface area contributed by atoms with Gasteiger partial charge >= 0.3 is 0 Å². The fourth-order valence-electron chi connectivity index (χ4n) is 4.17. The first-order chi connectivity index (χ1) is 17.4. The zero-order chi connectivity index (χ0) is 25.7. The van der Waals surface area contributed by atoms with Crippen LogP contribution in [0, 0.1) is 11.0 Å². The molecule has 1 unspecified atom stereocenters. The molecule has 10 heteroatoms. The van der Waals surface area contributed by atoms with Gasteiger partial charge in [-0.25, -0.2) is 14.4 Å². The number of carbonyl (C=O) groups is 1. The SMILES string of the molecule is CCC(c1nc2ncccc2c(=O)n1Cc1ccccc1F)N(CCNC)C(=O)c1cc[n+]([O-])cc1. The quantitative estimate of drug-likeness (QED) is 0.285. The number of nitrogens with zero attached hydrogens (tertiary/aromatic N) is 5. The molecule has 36 heavy (non-hydrogen) atoms. The van der Waals surface area contributed by atoms with E-state index in [1.165, 1.54) is 35.2 Å². The lowest BCUT2D eigenvalue weighted by Crippen LogP contribution is -2.42. The van der Waals surface area contributed by atoms with Crippen molar-refractivity contribution in [3.05, 3.63) is 105 Å². The van der Waals surface area contributed by atoms with Gasteiger partial charge in [0.25, 0.3) is 11.5 Å². The van der Waals surface area contributed by atoms with Gasteiger partial charge in [-0.05, 0) is 31.7 Å². The number of hydrogen-bond acceptors (Lipinski definition) is 6. The van der Waals surface area contributed by atoms with Crippen LogP contribution in [0.4, 0.5) is 4.39 Å². The monoisotopic (exact) mass is 490 g/mol.